The summed E-state index contributed by atoms with van der Waals surface area (Å²) in [5.41, 5.74) is 1.30. The molecule has 13 heteroatoms. The number of nitrogens with zero attached hydrogens (tertiary/aromatic N) is 3. The fraction of sp³-hybridized carbons (Fsp3) is 0.469. The lowest BCUT2D eigenvalue weighted by Gasteiger charge is -2.30. The lowest BCUT2D eigenvalue weighted by atomic mass is 10.0. The number of sulfone groups is 1. The third-order valence-electron chi connectivity index (χ3n) is 7.42. The Labute approximate surface area is 262 Å². The maximum Gasteiger partial charge on any atom is 0.415 e. The van der Waals surface area contributed by atoms with Crippen LogP contribution >= 0.6 is 0 Å². The first-order valence-electron chi connectivity index (χ1n) is 14.6. The molecule has 0 aliphatic carbocycles. The Morgan fingerprint density at radius 2 is 1.80 bits per heavy atom. The van der Waals surface area contributed by atoms with Crippen LogP contribution in [0, 0.1) is 0 Å². The predicted molar refractivity (Wildman–Crippen MR) is 171 cm³/mol. The van der Waals surface area contributed by atoms with Gasteiger partial charge in [0.25, 0.3) is 0 Å². The molecule has 4 rings (SSSR count). The lowest BCUT2D eigenvalue weighted by molar-refractivity contribution is -0.139. The molecule has 2 heterocycles. The number of rotatable bonds is 9. The summed E-state index contributed by atoms with van der Waals surface area (Å²) in [4.78, 5) is 16.9. The van der Waals surface area contributed by atoms with Crippen molar-refractivity contribution in [1.29, 1.82) is 0 Å². The smallest absolute Gasteiger partial charge is 0.415 e. The van der Waals surface area contributed by atoms with Crippen molar-refractivity contribution in [2.24, 2.45) is 0 Å². The van der Waals surface area contributed by atoms with E-state index in [0.29, 0.717) is 22.2 Å². The van der Waals surface area contributed by atoms with Crippen LogP contribution in [0.4, 0.5) is 29.3 Å². The van der Waals surface area contributed by atoms with Crippen LogP contribution in [0.3, 0.4) is 0 Å². The standard InChI is InChI=1S/C32H41F3N4O5S/c1-31(2,3)44-30(40)39(27-10-9-24(45(6,41)42)20-29(27)43-5)14-7-8-22-18-26(36-23-11-15-37(4)16-12-23)25-13-17-38(28(25)19-22)21-32(33,34)35/h7-10,13,17-20,23,36H,11-12,14-16,21H2,1-6H3/b8-7+. The minimum absolute atomic E-state index is 0.00279. The molecule has 0 spiro atoms. The molecule has 246 valence electrons. The highest BCUT2D eigenvalue weighted by molar-refractivity contribution is 7.90. The number of ether oxygens (including phenoxy) is 2. The Morgan fingerprint density at radius 3 is 2.40 bits per heavy atom. The molecule has 45 heavy (non-hydrogen) atoms. The first kappa shape index (κ1) is 34.2. The first-order chi connectivity index (χ1) is 20.9. The van der Waals surface area contributed by atoms with E-state index in [0.717, 1.165) is 37.9 Å². The van der Waals surface area contributed by atoms with E-state index in [2.05, 4.69) is 17.3 Å². The van der Waals surface area contributed by atoms with E-state index in [4.69, 9.17) is 9.47 Å². The predicted octanol–water partition coefficient (Wildman–Crippen LogP) is 6.58. The molecular formula is C32H41F3N4O5S. The third-order valence-corrected chi connectivity index (χ3v) is 8.53. The minimum atomic E-state index is -4.39. The lowest BCUT2D eigenvalue weighted by Crippen LogP contribution is -2.37. The van der Waals surface area contributed by atoms with Crippen LogP contribution in [0.2, 0.25) is 0 Å². The second kappa shape index (κ2) is 13.3. The van der Waals surface area contributed by atoms with E-state index in [9.17, 15) is 26.4 Å². The fourth-order valence-corrected chi connectivity index (χ4v) is 5.87. The largest absolute Gasteiger partial charge is 0.495 e. The number of halogens is 3. The number of nitrogens with one attached hydrogen (secondary N) is 1. The second-order valence-electron chi connectivity index (χ2n) is 12.4. The van der Waals surface area contributed by atoms with Crippen LogP contribution in [0.1, 0.15) is 39.2 Å². The zero-order valence-electron chi connectivity index (χ0n) is 26.4. The summed E-state index contributed by atoms with van der Waals surface area (Å²) in [7, 11) is -0.0993. The molecule has 1 saturated heterocycles. The number of aromatic nitrogens is 1. The highest BCUT2D eigenvalue weighted by atomic mass is 32.2. The topological polar surface area (TPSA) is 93.1 Å². The maximum atomic E-state index is 13.4. The van der Waals surface area contributed by atoms with E-state index < -0.39 is 34.3 Å². The zero-order valence-corrected chi connectivity index (χ0v) is 27.3. The number of carbonyl (C=O) groups excluding carboxylic acids is 1. The van der Waals surface area contributed by atoms with Crippen molar-refractivity contribution in [3.8, 4) is 5.75 Å². The second-order valence-corrected chi connectivity index (χ2v) is 14.4. The minimum Gasteiger partial charge on any atom is -0.495 e. The molecule has 9 nitrogen and oxygen atoms in total. The van der Waals surface area contributed by atoms with E-state index in [1.165, 1.54) is 41.0 Å². The van der Waals surface area contributed by atoms with Gasteiger partial charge in [-0.15, -0.1) is 0 Å². The van der Waals surface area contributed by atoms with Crippen molar-refractivity contribution in [3.63, 3.8) is 0 Å². The van der Waals surface area contributed by atoms with Gasteiger partial charge in [0.05, 0.1) is 23.2 Å². The van der Waals surface area contributed by atoms with Gasteiger partial charge in [0, 0.05) is 42.2 Å². The average Bonchev–Trinajstić information content (AvgIpc) is 3.31. The van der Waals surface area contributed by atoms with Gasteiger partial charge >= 0.3 is 12.3 Å². The van der Waals surface area contributed by atoms with Crippen molar-refractivity contribution in [3.05, 3.63) is 54.2 Å². The number of benzene rings is 2. The third kappa shape index (κ3) is 9.16. The highest BCUT2D eigenvalue weighted by Gasteiger charge is 2.29. The van der Waals surface area contributed by atoms with E-state index in [1.807, 2.05) is 6.07 Å². The van der Waals surface area contributed by atoms with E-state index in [1.54, 1.807) is 45.1 Å². The van der Waals surface area contributed by atoms with Crippen LogP contribution in [0.25, 0.3) is 17.0 Å². The molecule has 1 aliphatic rings. The SMILES string of the molecule is COc1cc(S(C)(=O)=O)ccc1N(C/C=C/c1cc(NC2CCN(C)CC2)c2ccn(CC(F)(F)F)c2c1)C(=O)OC(C)(C)C. The first-order valence-corrected chi connectivity index (χ1v) is 16.5. The monoisotopic (exact) mass is 650 g/mol. The summed E-state index contributed by atoms with van der Waals surface area (Å²) in [6.07, 6.45) is 2.70. The number of carbonyl (C=O) groups is 1. The van der Waals surface area contributed by atoms with Gasteiger partial charge in [-0.25, -0.2) is 13.2 Å². The molecule has 0 saturated carbocycles. The van der Waals surface area contributed by atoms with Gasteiger partial charge in [0.1, 0.15) is 17.9 Å². The van der Waals surface area contributed by atoms with Gasteiger partial charge in [-0.3, -0.25) is 4.90 Å². The van der Waals surface area contributed by atoms with Gasteiger partial charge in [-0.2, -0.15) is 13.2 Å². The van der Waals surface area contributed by atoms with Crippen molar-refractivity contribution in [2.45, 2.75) is 62.9 Å². The summed E-state index contributed by atoms with van der Waals surface area (Å²) in [6.45, 7) is 5.91. The summed E-state index contributed by atoms with van der Waals surface area (Å²) >= 11 is 0. The molecule has 1 aliphatic heterocycles. The maximum absolute atomic E-state index is 13.4. The number of hydrogen-bond donors (Lipinski definition) is 1. The molecule has 1 fully saturated rings. The number of fused-ring (bicyclic) bond motifs is 1. The van der Waals surface area contributed by atoms with Gasteiger partial charge in [-0.05, 0) is 89.6 Å². The van der Waals surface area contributed by atoms with E-state index in [-0.39, 0.29) is 23.2 Å². The molecule has 2 aromatic carbocycles. The van der Waals surface area contributed by atoms with Crippen molar-refractivity contribution in [2.75, 3.05) is 50.3 Å². The van der Waals surface area contributed by atoms with Crippen LogP contribution in [-0.4, -0.2) is 81.8 Å². The number of alkyl halides is 3. The molecule has 1 amide bonds. The number of methoxy groups -OCH3 is 1. The number of hydrogen-bond acceptors (Lipinski definition) is 7. The number of piperidine rings is 1. The van der Waals surface area contributed by atoms with Gasteiger partial charge in [0.15, 0.2) is 9.84 Å². The number of anilines is 2. The Bertz CT molecular complexity index is 1650. The quantitative estimate of drug-likeness (QED) is 0.280. The van der Waals surface area contributed by atoms with Crippen molar-refractivity contribution >= 4 is 44.3 Å². The Hall–Kier alpha value is -3.71. The fourth-order valence-electron chi connectivity index (χ4n) is 5.23. The average molecular weight is 651 g/mol. The molecule has 1 aromatic heterocycles. The normalized spacial score (nSPS) is 15.5. The zero-order chi connectivity index (χ0) is 33.2. The molecule has 0 radical (unpaired) electrons. The molecule has 3 aromatic rings. The summed E-state index contributed by atoms with van der Waals surface area (Å²) in [6, 6.07) is 9.67. The summed E-state index contributed by atoms with van der Waals surface area (Å²) in [5, 5.41) is 4.25. The van der Waals surface area contributed by atoms with Crippen molar-refractivity contribution in [1.82, 2.24) is 9.47 Å². The van der Waals surface area contributed by atoms with Gasteiger partial charge in [0.2, 0.25) is 0 Å². The van der Waals surface area contributed by atoms with Crippen LogP contribution in [-0.2, 0) is 21.1 Å². The molecular weight excluding hydrogens is 609 g/mol. The van der Waals surface area contributed by atoms with Crippen LogP contribution in [0.15, 0.2) is 53.6 Å². The number of amides is 1. The Balaban J connectivity index is 1.71. The van der Waals surface area contributed by atoms with Gasteiger partial charge < -0.3 is 24.3 Å². The highest BCUT2D eigenvalue weighted by Crippen LogP contribution is 2.34. The molecule has 0 unspecified atom stereocenters. The van der Waals surface area contributed by atoms with Crippen molar-refractivity contribution < 1.29 is 35.9 Å². The number of likely N-dealkylation sites (tertiary alicyclic amines) is 1. The summed E-state index contributed by atoms with van der Waals surface area (Å²) in [5.74, 6) is 0.160. The molecule has 1 N–H and O–H groups in total. The van der Waals surface area contributed by atoms with Crippen LogP contribution in [0.5, 0.6) is 5.75 Å². The Kier molecular flexibility index (Phi) is 10.1. The molecule has 0 atom stereocenters. The Morgan fingerprint density at radius 1 is 1.11 bits per heavy atom. The van der Waals surface area contributed by atoms with Gasteiger partial charge in [-0.1, -0.05) is 12.2 Å². The van der Waals surface area contributed by atoms with E-state index >= 15 is 0 Å². The van der Waals surface area contributed by atoms with Crippen LogP contribution < -0.4 is 15.0 Å². The summed E-state index contributed by atoms with van der Waals surface area (Å²) < 4.78 is 76.8. The molecule has 0 bridgehead atoms.